The van der Waals surface area contributed by atoms with Crippen LogP contribution in [0.4, 0.5) is 0 Å². The summed E-state index contributed by atoms with van der Waals surface area (Å²) in [4.78, 5) is 89.5. The van der Waals surface area contributed by atoms with Crippen molar-refractivity contribution >= 4 is 35.5 Å². The summed E-state index contributed by atoms with van der Waals surface area (Å²) in [5.41, 5.74) is -0.300. The Morgan fingerprint density at radius 2 is 1.57 bits per heavy atom. The molecule has 0 aliphatic carbocycles. The third kappa shape index (κ3) is 9.52. The molecule has 0 aromatic carbocycles. The number of H-pyrrole nitrogens is 1. The van der Waals surface area contributed by atoms with Gasteiger partial charge in [-0.15, -0.1) is 0 Å². The molecule has 3 heterocycles. The zero-order chi connectivity index (χ0) is 32.8. The highest BCUT2D eigenvalue weighted by atomic mass is 16.6. The summed E-state index contributed by atoms with van der Waals surface area (Å²) >= 11 is 0. The predicted octanol–water partition coefficient (Wildman–Crippen LogP) is 0.330. The van der Waals surface area contributed by atoms with Crippen LogP contribution >= 0.6 is 0 Å². The maximum absolute atomic E-state index is 13.9. The summed E-state index contributed by atoms with van der Waals surface area (Å²) in [6, 6.07) is -5.46. The van der Waals surface area contributed by atoms with E-state index in [0.717, 1.165) is 0 Å². The van der Waals surface area contributed by atoms with Crippen molar-refractivity contribution in [3.05, 3.63) is 18.2 Å². The Hall–Kier alpha value is -3.97. The lowest BCUT2D eigenvalue weighted by Crippen LogP contribution is -2.59. The summed E-state index contributed by atoms with van der Waals surface area (Å²) in [7, 11) is 0. The molecule has 2 saturated heterocycles. The van der Waals surface area contributed by atoms with Crippen LogP contribution in [0.15, 0.2) is 12.5 Å². The fourth-order valence-corrected chi connectivity index (χ4v) is 5.37. The number of nitrogens with zero attached hydrogens (tertiary/aromatic N) is 2. The molecular weight excluding hydrogens is 570 g/mol. The quantitative estimate of drug-likeness (QED) is 0.270. The molecule has 0 radical (unpaired) electrons. The van der Waals surface area contributed by atoms with E-state index in [0.29, 0.717) is 18.5 Å². The van der Waals surface area contributed by atoms with Gasteiger partial charge in [-0.1, -0.05) is 27.7 Å². The maximum atomic E-state index is 13.9. The Bertz CT molecular complexity index is 1210. The summed E-state index contributed by atoms with van der Waals surface area (Å²) in [6.07, 6.45) is 3.58. The number of aromatic nitrogens is 2. The molecule has 2 aliphatic heterocycles. The van der Waals surface area contributed by atoms with E-state index in [1.54, 1.807) is 34.6 Å². The van der Waals surface area contributed by atoms with Gasteiger partial charge in [0.25, 0.3) is 0 Å². The van der Waals surface area contributed by atoms with Gasteiger partial charge in [-0.25, -0.2) is 4.98 Å². The normalized spacial score (nSPS) is 25.9. The highest BCUT2D eigenvalue weighted by Crippen LogP contribution is 2.21. The van der Waals surface area contributed by atoms with Crippen LogP contribution < -0.4 is 21.3 Å². The largest absolute Gasteiger partial charge is 0.460 e. The summed E-state index contributed by atoms with van der Waals surface area (Å²) in [5, 5.41) is 11.0. The molecule has 5 N–H and O–H groups in total. The van der Waals surface area contributed by atoms with Gasteiger partial charge in [-0.2, -0.15) is 0 Å². The van der Waals surface area contributed by atoms with E-state index in [2.05, 4.69) is 31.2 Å². The van der Waals surface area contributed by atoms with Gasteiger partial charge in [0.1, 0.15) is 35.8 Å². The number of aromatic amines is 1. The lowest BCUT2D eigenvalue weighted by atomic mass is 9.99. The lowest BCUT2D eigenvalue weighted by molar-refractivity contribution is -0.158. The Kier molecular flexibility index (Phi) is 11.5. The van der Waals surface area contributed by atoms with Crippen molar-refractivity contribution in [1.82, 2.24) is 36.1 Å². The molecule has 2 aliphatic rings. The summed E-state index contributed by atoms with van der Waals surface area (Å²) in [5.74, 6) is -4.07. The number of imidazole rings is 1. The van der Waals surface area contributed by atoms with E-state index >= 15 is 0 Å². The first-order chi connectivity index (χ1) is 20.6. The first-order valence-electron chi connectivity index (χ1n) is 15.3. The smallest absolute Gasteiger partial charge is 0.308 e. The van der Waals surface area contributed by atoms with Crippen LogP contribution in [-0.4, -0.2) is 92.7 Å². The molecule has 0 spiro atoms. The Balaban J connectivity index is 2.06. The van der Waals surface area contributed by atoms with Crippen molar-refractivity contribution in [1.29, 1.82) is 0 Å². The van der Waals surface area contributed by atoms with E-state index in [1.807, 2.05) is 13.8 Å². The van der Waals surface area contributed by atoms with Crippen molar-refractivity contribution < 1.29 is 33.5 Å². The van der Waals surface area contributed by atoms with Crippen molar-refractivity contribution in [2.45, 2.75) is 116 Å². The van der Waals surface area contributed by atoms with Crippen LogP contribution in [-0.2, 0) is 39.9 Å². The van der Waals surface area contributed by atoms with Gasteiger partial charge >= 0.3 is 5.97 Å². The lowest BCUT2D eigenvalue weighted by Gasteiger charge is -2.31. The molecule has 2 fully saturated rings. The van der Waals surface area contributed by atoms with Crippen molar-refractivity contribution in [3.63, 3.8) is 0 Å². The number of hydrogen-bond acceptors (Lipinski definition) is 8. The molecule has 5 amide bonds. The SMILES string of the molecule is CC(C)C[C@@H]1NC(=O)[C@@H](C(C)C)NC(=O)[C@@H]2CCCN2C(=O)[C@@H](CC(=O)OC(C)(C)C)NC(=O)[C@@H](Cc2cnc[nH]2)NC1=O. The summed E-state index contributed by atoms with van der Waals surface area (Å²) in [6.45, 7) is 12.6. The zero-order valence-electron chi connectivity index (χ0n) is 26.7. The van der Waals surface area contributed by atoms with Gasteiger partial charge in [0.2, 0.25) is 29.5 Å². The second kappa shape index (κ2) is 14.7. The van der Waals surface area contributed by atoms with Crippen LogP contribution in [0.3, 0.4) is 0 Å². The molecule has 44 heavy (non-hydrogen) atoms. The predicted molar refractivity (Wildman–Crippen MR) is 160 cm³/mol. The Morgan fingerprint density at radius 3 is 2.16 bits per heavy atom. The fraction of sp³-hybridized carbons (Fsp3) is 0.700. The second-order valence-electron chi connectivity index (χ2n) is 13.3. The van der Waals surface area contributed by atoms with Gasteiger partial charge < -0.3 is 35.9 Å². The van der Waals surface area contributed by atoms with Crippen LogP contribution in [0.5, 0.6) is 0 Å². The molecule has 0 bridgehead atoms. The average Bonchev–Trinajstić information content (AvgIpc) is 3.60. The molecule has 5 atom stereocenters. The number of ether oxygens (including phenoxy) is 1. The van der Waals surface area contributed by atoms with E-state index in [9.17, 15) is 28.8 Å². The monoisotopic (exact) mass is 617 g/mol. The molecule has 1 aromatic heterocycles. The molecule has 1 aromatic rings. The molecule has 3 rings (SSSR count). The topological polar surface area (TPSA) is 192 Å². The highest BCUT2D eigenvalue weighted by molar-refractivity contribution is 5.99. The summed E-state index contributed by atoms with van der Waals surface area (Å²) < 4.78 is 5.45. The number of fused-ring (bicyclic) bond motifs is 1. The van der Waals surface area contributed by atoms with Crippen LogP contribution in [0.2, 0.25) is 0 Å². The molecule has 0 unspecified atom stereocenters. The van der Waals surface area contributed by atoms with Crippen LogP contribution in [0.1, 0.15) is 79.8 Å². The number of hydrogen-bond donors (Lipinski definition) is 5. The number of esters is 1. The Labute approximate surface area is 258 Å². The van der Waals surface area contributed by atoms with Crippen molar-refractivity contribution in [2.75, 3.05) is 6.54 Å². The minimum absolute atomic E-state index is 0.00276. The number of nitrogens with one attached hydrogen (secondary N) is 5. The van der Waals surface area contributed by atoms with Crippen molar-refractivity contribution in [3.8, 4) is 0 Å². The van der Waals surface area contributed by atoms with E-state index < -0.39 is 77.7 Å². The fourth-order valence-electron chi connectivity index (χ4n) is 5.37. The second-order valence-corrected chi connectivity index (χ2v) is 13.3. The zero-order valence-corrected chi connectivity index (χ0v) is 26.7. The molecular formula is C30H47N7O7. The minimum atomic E-state index is -1.37. The molecule has 0 saturated carbocycles. The third-order valence-corrected chi connectivity index (χ3v) is 7.44. The van der Waals surface area contributed by atoms with Gasteiger partial charge in [0.15, 0.2) is 0 Å². The van der Waals surface area contributed by atoms with Crippen LogP contribution in [0, 0.1) is 11.8 Å². The minimum Gasteiger partial charge on any atom is -0.460 e. The van der Waals surface area contributed by atoms with E-state index in [-0.39, 0.29) is 31.2 Å². The van der Waals surface area contributed by atoms with Gasteiger partial charge in [0, 0.05) is 24.9 Å². The number of amides is 5. The molecule has 14 nitrogen and oxygen atoms in total. The van der Waals surface area contributed by atoms with E-state index in [4.69, 9.17) is 4.74 Å². The standard InChI is InChI=1S/C30H47N7O7/c1-16(2)11-19-25(39)33-20(12-18-14-31-15-32-18)26(40)35-21(13-23(38)44-30(5,6)7)29(43)37-10-8-9-22(37)27(41)36-24(17(3)4)28(42)34-19/h14-17,19-22,24H,8-13H2,1-7H3,(H,31,32)(H,33,39)(H,34,42)(H,35,40)(H,36,41)/t19-,20+,21+,22-,24+/m0/s1. The van der Waals surface area contributed by atoms with E-state index in [1.165, 1.54) is 17.4 Å². The number of carbonyl (C=O) groups is 6. The van der Waals surface area contributed by atoms with Crippen molar-refractivity contribution in [2.24, 2.45) is 11.8 Å². The number of rotatable bonds is 7. The Morgan fingerprint density at radius 1 is 0.932 bits per heavy atom. The molecule has 14 heteroatoms. The highest BCUT2D eigenvalue weighted by Gasteiger charge is 2.42. The number of carbonyl (C=O) groups excluding carboxylic acids is 6. The first-order valence-corrected chi connectivity index (χ1v) is 15.3. The van der Waals surface area contributed by atoms with Gasteiger partial charge in [-0.05, 0) is 51.9 Å². The van der Waals surface area contributed by atoms with Gasteiger partial charge in [0.05, 0.1) is 12.7 Å². The van der Waals surface area contributed by atoms with Gasteiger partial charge in [-0.3, -0.25) is 28.8 Å². The third-order valence-electron chi connectivity index (χ3n) is 7.44. The average molecular weight is 618 g/mol. The molecule has 244 valence electrons. The maximum Gasteiger partial charge on any atom is 0.308 e. The van der Waals surface area contributed by atoms with Crippen LogP contribution in [0.25, 0.3) is 0 Å². The first kappa shape index (κ1) is 34.5.